The molecule has 0 aromatic rings. The Bertz CT molecular complexity index is 529. The Hall–Kier alpha value is -0.180. The van der Waals surface area contributed by atoms with Gasteiger partial charge in [0.2, 0.25) is 10.0 Å². The number of sulfone groups is 1. The van der Waals surface area contributed by atoms with Crippen molar-refractivity contribution in [2.24, 2.45) is 17.6 Å². The number of fused-ring (bicyclic) bond motifs is 1. The topological polar surface area (TPSA) is 97.5 Å². The molecule has 6 nitrogen and oxygen atoms in total. The summed E-state index contributed by atoms with van der Waals surface area (Å²) in [5.74, 6) is -0.0493. The number of hydrogen-bond acceptors (Lipinski definition) is 5. The summed E-state index contributed by atoms with van der Waals surface area (Å²) in [7, 11) is -6.73. The summed E-state index contributed by atoms with van der Waals surface area (Å²) >= 11 is 0. The minimum Gasteiger partial charge on any atom is -0.327 e. The fourth-order valence-electron chi connectivity index (χ4n) is 3.09. The van der Waals surface area contributed by atoms with Gasteiger partial charge < -0.3 is 5.73 Å². The molecule has 0 aromatic heterocycles. The minimum atomic E-state index is -3.48. The first-order valence-corrected chi connectivity index (χ1v) is 10.3. The molecule has 1 saturated heterocycles. The van der Waals surface area contributed by atoms with E-state index >= 15 is 0 Å². The Morgan fingerprint density at radius 3 is 2.37 bits per heavy atom. The molecule has 0 amide bonds. The summed E-state index contributed by atoms with van der Waals surface area (Å²) in [6, 6.07) is 0.0776. The largest absolute Gasteiger partial charge is 0.327 e. The van der Waals surface area contributed by atoms with Crippen LogP contribution in [0.2, 0.25) is 0 Å². The molecular formula is C11H22N2O4S2. The smallest absolute Gasteiger partial charge is 0.215 e. The Morgan fingerprint density at radius 2 is 1.79 bits per heavy atom. The molecule has 1 aliphatic carbocycles. The van der Waals surface area contributed by atoms with Gasteiger partial charge in [0.1, 0.15) is 9.84 Å². The van der Waals surface area contributed by atoms with Crippen LogP contribution in [-0.2, 0) is 19.9 Å². The average molecular weight is 310 g/mol. The van der Waals surface area contributed by atoms with Crippen molar-refractivity contribution in [3.8, 4) is 0 Å². The second-order valence-electron chi connectivity index (χ2n) is 5.78. The van der Waals surface area contributed by atoms with Gasteiger partial charge in [0.05, 0.1) is 11.5 Å². The number of nitrogens with two attached hydrogens (primary N) is 1. The van der Waals surface area contributed by atoms with Crippen LogP contribution < -0.4 is 5.73 Å². The van der Waals surface area contributed by atoms with Crippen LogP contribution in [0.25, 0.3) is 0 Å². The SMILES string of the molecule is CS(=O)(=O)CCS(=O)(=O)N1CC2CCCC(N)C2C1. The minimum absolute atomic E-state index is 0.0776. The van der Waals surface area contributed by atoms with E-state index in [0.29, 0.717) is 19.0 Å². The molecule has 2 fully saturated rings. The third-order valence-electron chi connectivity index (χ3n) is 4.23. The molecule has 2 N–H and O–H groups in total. The number of nitrogens with zero attached hydrogens (tertiary/aromatic N) is 1. The number of sulfonamides is 1. The fourth-order valence-corrected chi connectivity index (χ4v) is 6.22. The van der Waals surface area contributed by atoms with E-state index in [1.165, 1.54) is 4.31 Å². The van der Waals surface area contributed by atoms with Crippen molar-refractivity contribution in [3.05, 3.63) is 0 Å². The summed E-state index contributed by atoms with van der Waals surface area (Å²) in [5.41, 5.74) is 6.05. The predicted octanol–water partition coefficient (Wildman–Crippen LogP) is -0.580. The van der Waals surface area contributed by atoms with E-state index in [1.807, 2.05) is 0 Å². The van der Waals surface area contributed by atoms with Gasteiger partial charge in [0.15, 0.2) is 0 Å². The van der Waals surface area contributed by atoms with Crippen LogP contribution in [0.5, 0.6) is 0 Å². The van der Waals surface area contributed by atoms with Crippen LogP contribution in [0, 0.1) is 11.8 Å². The summed E-state index contributed by atoms with van der Waals surface area (Å²) in [6.45, 7) is 0.961. The molecule has 1 aliphatic heterocycles. The van der Waals surface area contributed by atoms with Gasteiger partial charge in [-0.15, -0.1) is 0 Å². The number of rotatable bonds is 4. The molecular weight excluding hydrogens is 288 g/mol. The highest BCUT2D eigenvalue weighted by Gasteiger charge is 2.42. The molecule has 2 rings (SSSR count). The van der Waals surface area contributed by atoms with E-state index in [1.54, 1.807) is 0 Å². The maximum Gasteiger partial charge on any atom is 0.215 e. The lowest BCUT2D eigenvalue weighted by Gasteiger charge is -2.29. The molecule has 0 bridgehead atoms. The van der Waals surface area contributed by atoms with Crippen LogP contribution >= 0.6 is 0 Å². The van der Waals surface area contributed by atoms with Gasteiger partial charge in [-0.25, -0.2) is 21.1 Å². The quantitative estimate of drug-likeness (QED) is 0.749. The lowest BCUT2D eigenvalue weighted by molar-refractivity contribution is 0.260. The van der Waals surface area contributed by atoms with Gasteiger partial charge >= 0.3 is 0 Å². The highest BCUT2D eigenvalue weighted by Crippen LogP contribution is 2.36. The van der Waals surface area contributed by atoms with Crippen LogP contribution in [-0.4, -0.2) is 58.0 Å². The fraction of sp³-hybridized carbons (Fsp3) is 1.00. The van der Waals surface area contributed by atoms with Gasteiger partial charge in [0.25, 0.3) is 0 Å². The third kappa shape index (κ3) is 3.68. The number of hydrogen-bond donors (Lipinski definition) is 1. The van der Waals surface area contributed by atoms with Crippen molar-refractivity contribution < 1.29 is 16.8 Å². The van der Waals surface area contributed by atoms with Crippen LogP contribution in [0.3, 0.4) is 0 Å². The van der Waals surface area contributed by atoms with Crippen molar-refractivity contribution in [1.82, 2.24) is 4.31 Å². The molecule has 1 heterocycles. The Balaban J connectivity index is 2.03. The second kappa shape index (κ2) is 5.31. The standard InChI is InChI=1S/C11H22N2O4S2/c1-18(14,15)5-6-19(16,17)13-7-9-3-2-4-11(12)10(9)8-13/h9-11H,2-8,12H2,1H3. The van der Waals surface area contributed by atoms with Gasteiger partial charge in [-0.2, -0.15) is 0 Å². The van der Waals surface area contributed by atoms with E-state index in [-0.39, 0.29) is 23.5 Å². The van der Waals surface area contributed by atoms with Crippen molar-refractivity contribution >= 4 is 19.9 Å². The van der Waals surface area contributed by atoms with Crippen molar-refractivity contribution in [2.75, 3.05) is 30.9 Å². The highest BCUT2D eigenvalue weighted by molar-refractivity contribution is 7.93. The maximum absolute atomic E-state index is 12.2. The predicted molar refractivity (Wildman–Crippen MR) is 73.9 cm³/mol. The summed E-state index contributed by atoms with van der Waals surface area (Å²) < 4.78 is 47.9. The zero-order valence-corrected chi connectivity index (χ0v) is 12.8. The third-order valence-corrected chi connectivity index (χ3v) is 7.23. The monoisotopic (exact) mass is 310 g/mol. The van der Waals surface area contributed by atoms with E-state index < -0.39 is 19.9 Å². The van der Waals surface area contributed by atoms with E-state index in [4.69, 9.17) is 5.73 Å². The average Bonchev–Trinajstić information content (AvgIpc) is 2.72. The summed E-state index contributed by atoms with van der Waals surface area (Å²) in [6.07, 6.45) is 4.09. The molecule has 0 radical (unpaired) electrons. The van der Waals surface area contributed by atoms with E-state index in [0.717, 1.165) is 25.5 Å². The zero-order valence-electron chi connectivity index (χ0n) is 11.2. The van der Waals surface area contributed by atoms with Gasteiger partial charge in [-0.1, -0.05) is 6.42 Å². The lowest BCUT2D eigenvalue weighted by Crippen LogP contribution is -2.39. The molecule has 0 aromatic carbocycles. The van der Waals surface area contributed by atoms with Crippen molar-refractivity contribution in [3.63, 3.8) is 0 Å². The molecule has 3 atom stereocenters. The Kier molecular flexibility index (Phi) is 4.25. The summed E-state index contributed by atoms with van der Waals surface area (Å²) in [4.78, 5) is 0. The molecule has 1 saturated carbocycles. The van der Waals surface area contributed by atoms with Crippen molar-refractivity contribution in [1.29, 1.82) is 0 Å². The molecule has 112 valence electrons. The summed E-state index contributed by atoms with van der Waals surface area (Å²) in [5, 5.41) is 0. The zero-order chi connectivity index (χ0) is 14.3. The molecule has 2 aliphatic rings. The van der Waals surface area contributed by atoms with Gasteiger partial charge in [-0.3, -0.25) is 0 Å². The first-order chi connectivity index (χ1) is 8.69. The molecule has 8 heteroatoms. The Morgan fingerprint density at radius 1 is 1.11 bits per heavy atom. The second-order valence-corrected chi connectivity index (χ2v) is 10.1. The van der Waals surface area contributed by atoms with Crippen LogP contribution in [0.4, 0.5) is 0 Å². The highest BCUT2D eigenvalue weighted by atomic mass is 32.2. The van der Waals surface area contributed by atoms with Crippen LogP contribution in [0.1, 0.15) is 19.3 Å². The molecule has 19 heavy (non-hydrogen) atoms. The maximum atomic E-state index is 12.2. The van der Waals surface area contributed by atoms with E-state index in [9.17, 15) is 16.8 Å². The molecule has 3 unspecified atom stereocenters. The van der Waals surface area contributed by atoms with E-state index in [2.05, 4.69) is 0 Å². The molecule has 0 spiro atoms. The van der Waals surface area contributed by atoms with Crippen LogP contribution in [0.15, 0.2) is 0 Å². The Labute approximate surface area is 115 Å². The van der Waals surface area contributed by atoms with Gasteiger partial charge in [-0.05, 0) is 24.7 Å². The lowest BCUT2D eigenvalue weighted by atomic mass is 9.78. The van der Waals surface area contributed by atoms with Gasteiger partial charge in [0, 0.05) is 25.4 Å². The first-order valence-electron chi connectivity index (χ1n) is 6.60. The van der Waals surface area contributed by atoms with Crippen molar-refractivity contribution in [2.45, 2.75) is 25.3 Å². The normalized spacial score (nSPS) is 33.3. The first kappa shape index (κ1) is 15.2.